The number of esters is 3. The molecule has 1 aliphatic heterocycles. The smallest absolute Gasteiger partial charge is 0.353 e. The summed E-state index contributed by atoms with van der Waals surface area (Å²) in [6.45, 7) is 2.85. The molecule has 2 rings (SSSR count). The van der Waals surface area contributed by atoms with Crippen LogP contribution in [0.15, 0.2) is 53.0 Å². The molecule has 0 aromatic heterocycles. The molecule has 0 bridgehead atoms. The van der Waals surface area contributed by atoms with Crippen LogP contribution in [0.4, 0.5) is 5.69 Å². The molecule has 0 saturated heterocycles. The number of hydrogen-bond donors (Lipinski definition) is 2. The van der Waals surface area contributed by atoms with Crippen molar-refractivity contribution < 1.29 is 38.5 Å². The fourth-order valence-electron chi connectivity index (χ4n) is 2.16. The van der Waals surface area contributed by atoms with Crippen molar-refractivity contribution in [2.24, 2.45) is 0 Å². The van der Waals surface area contributed by atoms with Gasteiger partial charge in [0, 0.05) is 5.69 Å². The molecule has 0 saturated carbocycles. The highest BCUT2D eigenvalue weighted by atomic mass is 16.6. The lowest BCUT2D eigenvalue weighted by molar-refractivity contribution is -0.147. The van der Waals surface area contributed by atoms with E-state index in [0.717, 1.165) is 0 Å². The molecule has 0 unspecified atom stereocenters. The third-order valence-electron chi connectivity index (χ3n) is 3.30. The van der Waals surface area contributed by atoms with E-state index >= 15 is 0 Å². The van der Waals surface area contributed by atoms with E-state index in [0.29, 0.717) is 5.69 Å². The molecule has 2 N–H and O–H groups in total. The van der Waals surface area contributed by atoms with E-state index in [1.807, 2.05) is 0 Å². The van der Waals surface area contributed by atoms with Crippen molar-refractivity contribution in [3.8, 4) is 0 Å². The third kappa shape index (κ3) is 4.32. The van der Waals surface area contributed by atoms with Gasteiger partial charge in [-0.25, -0.2) is 14.4 Å². The van der Waals surface area contributed by atoms with Gasteiger partial charge < -0.3 is 24.6 Å². The maximum atomic E-state index is 12.3. The Labute approximate surface area is 154 Å². The zero-order valence-corrected chi connectivity index (χ0v) is 14.6. The third-order valence-corrected chi connectivity index (χ3v) is 3.30. The number of carbonyl (C=O) groups excluding carboxylic acids is 4. The number of para-hydroxylation sites is 1. The summed E-state index contributed by atoms with van der Waals surface area (Å²) in [5, 5.41) is 12.7. The van der Waals surface area contributed by atoms with Crippen molar-refractivity contribution >= 4 is 29.5 Å². The van der Waals surface area contributed by atoms with Crippen LogP contribution >= 0.6 is 0 Å². The molecular formula is C18H17NO8. The highest BCUT2D eigenvalue weighted by Gasteiger charge is 2.41. The highest BCUT2D eigenvalue weighted by molar-refractivity contribution is 6.25. The lowest BCUT2D eigenvalue weighted by atomic mass is 10.1. The van der Waals surface area contributed by atoms with E-state index in [1.165, 1.54) is 13.8 Å². The number of anilines is 1. The molecule has 9 heteroatoms. The van der Waals surface area contributed by atoms with E-state index in [4.69, 9.17) is 14.2 Å². The minimum absolute atomic E-state index is 0.0746. The average Bonchev–Trinajstić information content (AvgIpc) is 2.91. The van der Waals surface area contributed by atoms with Crippen LogP contribution in [-0.4, -0.2) is 42.1 Å². The van der Waals surface area contributed by atoms with E-state index in [-0.39, 0.29) is 13.2 Å². The number of carbonyl (C=O) groups is 4. The first-order valence-corrected chi connectivity index (χ1v) is 8.01. The minimum Gasteiger partial charge on any atom is -0.503 e. The fraction of sp³-hybridized carbons (Fsp3) is 0.222. The number of nitrogens with one attached hydrogen (secondary N) is 1. The van der Waals surface area contributed by atoms with Crippen molar-refractivity contribution in [1.29, 1.82) is 0 Å². The van der Waals surface area contributed by atoms with Gasteiger partial charge in [-0.3, -0.25) is 4.79 Å². The van der Waals surface area contributed by atoms with Crippen LogP contribution in [-0.2, 0) is 33.4 Å². The Morgan fingerprint density at radius 1 is 1.04 bits per heavy atom. The highest BCUT2D eigenvalue weighted by Crippen LogP contribution is 2.29. The Morgan fingerprint density at radius 2 is 1.59 bits per heavy atom. The summed E-state index contributed by atoms with van der Waals surface area (Å²) in [6.07, 6.45) is 0. The van der Waals surface area contributed by atoms with Crippen LogP contribution in [0.5, 0.6) is 0 Å². The van der Waals surface area contributed by atoms with E-state index in [2.05, 4.69) is 5.32 Å². The largest absolute Gasteiger partial charge is 0.503 e. The Morgan fingerprint density at radius 3 is 2.11 bits per heavy atom. The zero-order valence-electron chi connectivity index (χ0n) is 14.6. The van der Waals surface area contributed by atoms with Crippen LogP contribution in [0.3, 0.4) is 0 Å². The van der Waals surface area contributed by atoms with Crippen molar-refractivity contribution in [2.75, 3.05) is 18.5 Å². The maximum absolute atomic E-state index is 12.3. The molecule has 0 fully saturated rings. The number of ether oxygens (including phenoxy) is 3. The number of cyclic esters (lactones) is 1. The van der Waals surface area contributed by atoms with Gasteiger partial charge in [0.1, 0.15) is 0 Å². The predicted octanol–water partition coefficient (Wildman–Crippen LogP) is 1.37. The number of aliphatic hydroxyl groups excluding tert-OH is 1. The summed E-state index contributed by atoms with van der Waals surface area (Å²) in [7, 11) is 0. The first kappa shape index (κ1) is 19.7. The Balaban J connectivity index is 2.45. The number of hydrogen-bond acceptors (Lipinski definition) is 8. The molecule has 9 nitrogen and oxygen atoms in total. The van der Waals surface area contributed by atoms with Crippen molar-refractivity contribution in [3.05, 3.63) is 53.0 Å². The van der Waals surface area contributed by atoms with E-state index in [1.54, 1.807) is 30.3 Å². The number of aliphatic hydroxyl groups is 1. The van der Waals surface area contributed by atoms with Crippen LogP contribution in [0.25, 0.3) is 0 Å². The Hall–Kier alpha value is -3.62. The molecule has 0 spiro atoms. The predicted molar refractivity (Wildman–Crippen MR) is 91.1 cm³/mol. The Kier molecular flexibility index (Phi) is 6.32. The van der Waals surface area contributed by atoms with Gasteiger partial charge in [-0.05, 0) is 26.0 Å². The van der Waals surface area contributed by atoms with E-state index < -0.39 is 46.5 Å². The van der Waals surface area contributed by atoms with Gasteiger partial charge in [-0.15, -0.1) is 0 Å². The van der Waals surface area contributed by atoms with Crippen LogP contribution in [0.1, 0.15) is 13.8 Å². The normalized spacial score (nSPS) is 13.1. The van der Waals surface area contributed by atoms with Gasteiger partial charge in [0.15, 0.2) is 22.7 Å². The molecule has 1 aromatic rings. The standard InChI is InChI=1S/C18H17NO8/c1-3-25-16(22)12(17(23)26-4-2)14-13(20)11(18(24)27-14)15(21)19-10-8-6-5-7-9-10/h5-9,20H,3-4H2,1-2H3,(H,19,21). The molecule has 0 aliphatic carbocycles. The average molecular weight is 375 g/mol. The SMILES string of the molecule is CCOC(=O)C(C(=O)OCC)=C1OC(=O)C(C(=O)Nc2ccccc2)=C1O. The van der Waals surface area contributed by atoms with Gasteiger partial charge >= 0.3 is 17.9 Å². The summed E-state index contributed by atoms with van der Waals surface area (Å²) in [4.78, 5) is 48.5. The second kappa shape index (κ2) is 8.65. The molecule has 27 heavy (non-hydrogen) atoms. The summed E-state index contributed by atoms with van der Waals surface area (Å²) in [5.41, 5.74) is -1.20. The number of benzene rings is 1. The number of rotatable bonds is 6. The van der Waals surface area contributed by atoms with E-state index in [9.17, 15) is 24.3 Å². The lowest BCUT2D eigenvalue weighted by Gasteiger charge is -2.08. The summed E-state index contributed by atoms with van der Waals surface area (Å²) >= 11 is 0. The minimum atomic E-state index is -1.22. The monoisotopic (exact) mass is 375 g/mol. The second-order valence-corrected chi connectivity index (χ2v) is 5.08. The molecule has 0 radical (unpaired) electrons. The molecular weight excluding hydrogens is 358 g/mol. The first-order chi connectivity index (χ1) is 12.9. The summed E-state index contributed by atoms with van der Waals surface area (Å²) in [6, 6.07) is 8.16. The first-order valence-electron chi connectivity index (χ1n) is 8.01. The number of amides is 1. The fourth-order valence-corrected chi connectivity index (χ4v) is 2.16. The van der Waals surface area contributed by atoms with Crippen molar-refractivity contribution in [1.82, 2.24) is 0 Å². The maximum Gasteiger partial charge on any atom is 0.353 e. The Bertz CT molecular complexity index is 818. The van der Waals surface area contributed by atoms with Crippen LogP contribution in [0, 0.1) is 0 Å². The summed E-state index contributed by atoms with van der Waals surface area (Å²) in [5.74, 6) is -6.24. The molecule has 1 heterocycles. The second-order valence-electron chi connectivity index (χ2n) is 5.08. The van der Waals surface area contributed by atoms with Gasteiger partial charge in [0.25, 0.3) is 5.91 Å². The zero-order chi connectivity index (χ0) is 20.0. The molecule has 0 atom stereocenters. The quantitative estimate of drug-likeness (QED) is 0.251. The summed E-state index contributed by atoms with van der Waals surface area (Å²) < 4.78 is 14.3. The van der Waals surface area contributed by atoms with Crippen LogP contribution < -0.4 is 5.32 Å². The van der Waals surface area contributed by atoms with Crippen LogP contribution in [0.2, 0.25) is 0 Å². The van der Waals surface area contributed by atoms with Gasteiger partial charge in [-0.1, -0.05) is 18.2 Å². The lowest BCUT2D eigenvalue weighted by Crippen LogP contribution is -2.21. The van der Waals surface area contributed by atoms with Gasteiger partial charge in [0.05, 0.1) is 13.2 Å². The van der Waals surface area contributed by atoms with Crippen molar-refractivity contribution in [2.45, 2.75) is 13.8 Å². The van der Waals surface area contributed by atoms with Gasteiger partial charge in [-0.2, -0.15) is 0 Å². The molecule has 1 amide bonds. The van der Waals surface area contributed by atoms with Gasteiger partial charge in [0.2, 0.25) is 0 Å². The molecule has 1 aromatic carbocycles. The molecule has 142 valence electrons. The molecule has 1 aliphatic rings. The van der Waals surface area contributed by atoms with Crippen molar-refractivity contribution in [3.63, 3.8) is 0 Å². The topological polar surface area (TPSA) is 128 Å².